The van der Waals surface area contributed by atoms with E-state index in [-0.39, 0.29) is 24.8 Å². The van der Waals surface area contributed by atoms with E-state index in [0.29, 0.717) is 30.8 Å². The number of aliphatic carboxylic acids is 1. The van der Waals surface area contributed by atoms with Crippen LogP contribution in [0.4, 0.5) is 10.8 Å². The first kappa shape index (κ1) is 21.4. The number of anilines is 2. The molecule has 1 aliphatic rings. The number of thioether (sulfide) groups is 1. The molecule has 2 amide bonds. The van der Waals surface area contributed by atoms with Crippen LogP contribution in [0.15, 0.2) is 34.6 Å². The van der Waals surface area contributed by atoms with Gasteiger partial charge in [-0.05, 0) is 24.3 Å². The minimum atomic E-state index is -1.00. The zero-order chi connectivity index (χ0) is 21.1. The quantitative estimate of drug-likeness (QED) is 0.503. The maximum atomic E-state index is 12.5. The highest BCUT2D eigenvalue weighted by molar-refractivity contribution is 8.26. The van der Waals surface area contributed by atoms with Gasteiger partial charge >= 0.3 is 5.97 Å². The molecule has 2 aromatic rings. The first-order valence-electron chi connectivity index (χ1n) is 8.25. The molecule has 0 atom stereocenters. The second-order valence-electron chi connectivity index (χ2n) is 5.87. The van der Waals surface area contributed by atoms with E-state index >= 15 is 0 Å². The Bertz CT molecular complexity index is 1040. The van der Waals surface area contributed by atoms with Gasteiger partial charge in [0.25, 0.3) is 5.91 Å². The molecule has 7 nitrogen and oxygen atoms in total. The lowest BCUT2D eigenvalue weighted by atomic mass is 10.3. The summed E-state index contributed by atoms with van der Waals surface area (Å²) in [6, 6.07) is 6.87. The van der Waals surface area contributed by atoms with Gasteiger partial charge in [0.1, 0.15) is 4.32 Å². The summed E-state index contributed by atoms with van der Waals surface area (Å²) >= 11 is 13.5. The summed E-state index contributed by atoms with van der Waals surface area (Å²) in [7, 11) is 0. The fourth-order valence-corrected chi connectivity index (χ4v) is 4.84. The number of rotatable bonds is 6. The number of carboxylic acid groups (broad SMARTS) is 1. The standard InChI is InChI=1S/C18H14ClN3O4S3/c1-10(23)22(13-4-2-3-11(19)7-13)17-20-12(9-28-17)8-14-16(26)21(18(27)29-14)6-5-15(24)25/h2-4,7-9H,5-6H2,1H3,(H,24,25)/b14-8-. The van der Waals surface area contributed by atoms with E-state index in [1.807, 2.05) is 0 Å². The molecule has 0 bridgehead atoms. The van der Waals surface area contributed by atoms with E-state index in [1.54, 1.807) is 35.7 Å². The van der Waals surface area contributed by atoms with Crippen LogP contribution in [0.2, 0.25) is 5.02 Å². The normalized spacial score (nSPS) is 15.2. The third-order valence-corrected chi connectivity index (χ3v) is 6.24. The lowest BCUT2D eigenvalue weighted by Crippen LogP contribution is -2.30. The fraction of sp³-hybridized carbons (Fsp3) is 0.167. The molecule has 11 heteroatoms. The molecule has 0 aliphatic carbocycles. The predicted molar refractivity (Wildman–Crippen MR) is 119 cm³/mol. The SMILES string of the molecule is CC(=O)N(c1cccc(Cl)c1)c1nc(/C=C2\SC(=S)N(CCC(=O)O)C2=O)cs1. The van der Waals surface area contributed by atoms with Gasteiger partial charge in [0, 0.05) is 23.9 Å². The Morgan fingerprint density at radius 1 is 1.41 bits per heavy atom. The summed E-state index contributed by atoms with van der Waals surface area (Å²) in [5, 5.41) is 11.5. The van der Waals surface area contributed by atoms with Crippen molar-refractivity contribution < 1.29 is 19.5 Å². The third-order valence-electron chi connectivity index (χ3n) is 3.78. The Hall–Kier alpha value is -2.27. The van der Waals surface area contributed by atoms with Crippen molar-refractivity contribution in [3.63, 3.8) is 0 Å². The Kier molecular flexibility index (Phi) is 6.68. The highest BCUT2D eigenvalue weighted by Gasteiger charge is 2.32. The first-order chi connectivity index (χ1) is 13.8. The van der Waals surface area contributed by atoms with Crippen molar-refractivity contribution in [3.8, 4) is 0 Å². The highest BCUT2D eigenvalue weighted by Crippen LogP contribution is 2.35. The van der Waals surface area contributed by atoms with Crippen molar-refractivity contribution in [2.45, 2.75) is 13.3 Å². The monoisotopic (exact) mass is 467 g/mol. The molecule has 0 radical (unpaired) electrons. The summed E-state index contributed by atoms with van der Waals surface area (Å²) < 4.78 is 0.308. The van der Waals surface area contributed by atoms with Crippen LogP contribution in [-0.4, -0.2) is 43.6 Å². The minimum absolute atomic E-state index is 0.0204. The second-order valence-corrected chi connectivity index (χ2v) is 8.82. The fourth-order valence-electron chi connectivity index (χ4n) is 2.52. The molecule has 1 fully saturated rings. The van der Waals surface area contributed by atoms with E-state index in [0.717, 1.165) is 11.8 Å². The van der Waals surface area contributed by atoms with Crippen LogP contribution in [0.5, 0.6) is 0 Å². The second kappa shape index (κ2) is 9.04. The molecule has 2 heterocycles. The molecule has 0 saturated carbocycles. The number of thiocarbonyl (C=S) groups is 1. The van der Waals surface area contributed by atoms with Crippen molar-refractivity contribution >= 4 is 85.9 Å². The number of benzene rings is 1. The number of aromatic nitrogens is 1. The lowest BCUT2D eigenvalue weighted by Gasteiger charge is -2.18. The Morgan fingerprint density at radius 3 is 2.83 bits per heavy atom. The summed E-state index contributed by atoms with van der Waals surface area (Å²) in [6.45, 7) is 1.45. The zero-order valence-electron chi connectivity index (χ0n) is 15.0. The van der Waals surface area contributed by atoms with Crippen LogP contribution in [0, 0.1) is 0 Å². The van der Waals surface area contributed by atoms with Crippen molar-refractivity contribution in [2.75, 3.05) is 11.4 Å². The van der Waals surface area contributed by atoms with Gasteiger partial charge in [-0.15, -0.1) is 11.3 Å². The van der Waals surface area contributed by atoms with Crippen molar-refractivity contribution in [3.05, 3.63) is 45.3 Å². The third kappa shape index (κ3) is 5.02. The van der Waals surface area contributed by atoms with Crippen LogP contribution in [0.25, 0.3) is 6.08 Å². The molecular formula is C18H14ClN3O4S3. The molecule has 29 heavy (non-hydrogen) atoms. The van der Waals surface area contributed by atoms with Gasteiger partial charge in [-0.3, -0.25) is 24.2 Å². The molecule has 1 aliphatic heterocycles. The van der Waals surface area contributed by atoms with Gasteiger partial charge in [-0.2, -0.15) is 0 Å². The molecule has 1 saturated heterocycles. The van der Waals surface area contributed by atoms with Crippen LogP contribution < -0.4 is 4.90 Å². The van der Waals surface area contributed by atoms with Gasteiger partial charge in [-0.1, -0.05) is 41.6 Å². The van der Waals surface area contributed by atoms with E-state index in [2.05, 4.69) is 4.98 Å². The molecule has 0 unspecified atom stereocenters. The van der Waals surface area contributed by atoms with Crippen molar-refractivity contribution in [1.29, 1.82) is 0 Å². The smallest absolute Gasteiger partial charge is 0.305 e. The molecule has 1 aromatic heterocycles. The summed E-state index contributed by atoms with van der Waals surface area (Å²) in [5.74, 6) is -1.58. The van der Waals surface area contributed by atoms with Crippen LogP contribution in [0.1, 0.15) is 19.0 Å². The van der Waals surface area contributed by atoms with E-state index in [4.69, 9.17) is 28.9 Å². The molecule has 3 rings (SSSR count). The molecule has 1 N–H and O–H groups in total. The largest absolute Gasteiger partial charge is 0.481 e. The van der Waals surface area contributed by atoms with Gasteiger partial charge < -0.3 is 5.11 Å². The topological polar surface area (TPSA) is 90.8 Å². The number of carboxylic acids is 1. The number of hydrogen-bond acceptors (Lipinski definition) is 7. The van der Waals surface area contributed by atoms with Gasteiger partial charge in [0.15, 0.2) is 5.13 Å². The average molecular weight is 468 g/mol. The lowest BCUT2D eigenvalue weighted by molar-refractivity contribution is -0.137. The number of thiazole rings is 1. The Labute approximate surface area is 185 Å². The molecular weight excluding hydrogens is 454 g/mol. The van der Waals surface area contributed by atoms with Gasteiger partial charge in [0.2, 0.25) is 5.91 Å². The maximum absolute atomic E-state index is 12.5. The average Bonchev–Trinajstić information content (AvgIpc) is 3.18. The first-order valence-corrected chi connectivity index (χ1v) is 10.7. The summed E-state index contributed by atoms with van der Waals surface area (Å²) in [6.07, 6.45) is 1.39. The van der Waals surface area contributed by atoms with E-state index < -0.39 is 5.97 Å². The van der Waals surface area contributed by atoms with E-state index in [1.165, 1.54) is 28.1 Å². The number of carbonyl (C=O) groups excluding carboxylic acids is 2. The number of halogens is 1. The van der Waals surface area contributed by atoms with Gasteiger partial charge in [0.05, 0.1) is 22.7 Å². The van der Waals surface area contributed by atoms with Crippen LogP contribution >= 0.6 is 46.9 Å². The maximum Gasteiger partial charge on any atom is 0.305 e. The van der Waals surface area contributed by atoms with Crippen LogP contribution in [-0.2, 0) is 14.4 Å². The number of hydrogen-bond donors (Lipinski definition) is 1. The predicted octanol–water partition coefficient (Wildman–Crippen LogP) is 4.16. The Balaban J connectivity index is 1.84. The summed E-state index contributed by atoms with van der Waals surface area (Å²) in [5.41, 5.74) is 1.09. The van der Waals surface area contributed by atoms with Gasteiger partial charge in [-0.25, -0.2) is 4.98 Å². The minimum Gasteiger partial charge on any atom is -0.481 e. The molecule has 1 aromatic carbocycles. The van der Waals surface area contributed by atoms with Crippen molar-refractivity contribution in [1.82, 2.24) is 9.88 Å². The highest BCUT2D eigenvalue weighted by atomic mass is 35.5. The van der Waals surface area contributed by atoms with E-state index in [9.17, 15) is 14.4 Å². The number of nitrogens with zero attached hydrogens (tertiary/aromatic N) is 3. The molecule has 150 valence electrons. The number of carbonyl (C=O) groups is 3. The van der Waals surface area contributed by atoms with Crippen LogP contribution in [0.3, 0.4) is 0 Å². The zero-order valence-corrected chi connectivity index (χ0v) is 18.2. The number of amides is 2. The van der Waals surface area contributed by atoms with Crippen molar-refractivity contribution in [2.24, 2.45) is 0 Å². The molecule has 0 spiro atoms. The Morgan fingerprint density at radius 2 is 2.17 bits per heavy atom. The summed E-state index contributed by atoms with van der Waals surface area (Å²) in [4.78, 5) is 42.9.